The van der Waals surface area contributed by atoms with Crippen molar-refractivity contribution in [2.75, 3.05) is 6.54 Å². The van der Waals surface area contributed by atoms with Gasteiger partial charge in [-0.15, -0.1) is 0 Å². The average molecular weight is 641 g/mol. The maximum atomic E-state index is 14.5. The molecule has 4 atom stereocenters. The van der Waals surface area contributed by atoms with Gasteiger partial charge in [0.05, 0.1) is 5.02 Å². The van der Waals surface area contributed by atoms with Crippen LogP contribution >= 0.6 is 11.6 Å². The normalized spacial score (nSPS) is 27.5. The number of fused-ring (bicyclic) bond motifs is 2. The van der Waals surface area contributed by atoms with Gasteiger partial charge in [-0.3, -0.25) is 14.4 Å². The summed E-state index contributed by atoms with van der Waals surface area (Å²) in [5.41, 5.74) is -2.38. The van der Waals surface area contributed by atoms with E-state index in [9.17, 15) is 32.0 Å². The fourth-order valence-corrected chi connectivity index (χ4v) is 6.87. The zero-order chi connectivity index (χ0) is 31.6. The predicted octanol–water partition coefficient (Wildman–Crippen LogP) is 3.56. The number of carbonyl (C=O) groups excluding carboxylic acids is 4. The molecule has 11 nitrogen and oxygen atoms in total. The van der Waals surface area contributed by atoms with E-state index < -0.39 is 78.7 Å². The molecule has 3 aliphatic rings. The Balaban J connectivity index is 1.58. The first-order chi connectivity index (χ1) is 20.1. The van der Waals surface area contributed by atoms with Gasteiger partial charge >= 0.3 is 6.09 Å². The minimum atomic E-state index is -4.67. The molecule has 0 radical (unpaired) electrons. The molecule has 3 N–H and O–H groups in total. The quantitative estimate of drug-likeness (QED) is 0.426. The molecule has 4 amide bonds. The number of nitrogens with one attached hydrogen (secondary N) is 3. The van der Waals surface area contributed by atoms with Crippen molar-refractivity contribution in [3.63, 3.8) is 0 Å². The molecule has 4 rings (SSSR count). The summed E-state index contributed by atoms with van der Waals surface area (Å²) in [5.74, 6) is -3.77. The molecule has 1 saturated heterocycles. The number of rotatable bonds is 4. The fraction of sp³-hybridized carbons (Fsp3) is 0.586. The largest absolute Gasteiger partial charge is 0.444 e. The SMILES string of the molecule is CC(C)(C)OC(=O)N[C@H]1CCCCC/C=C\[C@@H]2C[C@@]2(C(=O)NS(=O)(=O)c2cccc(Cl)c2F)NC(=O)[C@@H]2CCCN2C1=O. The van der Waals surface area contributed by atoms with Gasteiger partial charge in [-0.2, -0.15) is 0 Å². The molecule has 2 aliphatic heterocycles. The second-order valence-electron chi connectivity index (χ2n) is 12.2. The van der Waals surface area contributed by atoms with Gasteiger partial charge < -0.3 is 20.3 Å². The Hall–Kier alpha value is -3.19. The first-order valence-corrected chi connectivity index (χ1v) is 16.3. The second kappa shape index (κ2) is 12.8. The Bertz CT molecular complexity index is 1410. The molecule has 14 heteroatoms. The lowest BCUT2D eigenvalue weighted by Gasteiger charge is -2.30. The van der Waals surface area contributed by atoms with E-state index in [2.05, 4.69) is 10.6 Å². The van der Waals surface area contributed by atoms with Crippen molar-refractivity contribution < 1.29 is 36.7 Å². The van der Waals surface area contributed by atoms with Gasteiger partial charge in [0.2, 0.25) is 11.8 Å². The number of allylic oxidation sites excluding steroid dienone is 1. The van der Waals surface area contributed by atoms with E-state index in [0.717, 1.165) is 18.9 Å². The molecule has 43 heavy (non-hydrogen) atoms. The predicted molar refractivity (Wildman–Crippen MR) is 156 cm³/mol. The minimum absolute atomic E-state index is 0.123. The lowest BCUT2D eigenvalue weighted by Crippen LogP contribution is -2.58. The van der Waals surface area contributed by atoms with Crippen LogP contribution in [-0.2, 0) is 29.1 Å². The first-order valence-electron chi connectivity index (χ1n) is 14.4. The number of carbonyl (C=O) groups is 4. The van der Waals surface area contributed by atoms with Crippen molar-refractivity contribution in [1.29, 1.82) is 0 Å². The van der Waals surface area contributed by atoms with E-state index in [1.165, 1.54) is 17.0 Å². The van der Waals surface area contributed by atoms with Gasteiger partial charge in [0, 0.05) is 12.5 Å². The maximum absolute atomic E-state index is 14.5. The van der Waals surface area contributed by atoms with Crippen LogP contribution in [0.25, 0.3) is 0 Å². The molecule has 1 aliphatic carbocycles. The van der Waals surface area contributed by atoms with Crippen molar-refractivity contribution in [3.05, 3.63) is 41.2 Å². The molecule has 0 aromatic heterocycles. The molecule has 1 aromatic rings. The van der Waals surface area contributed by atoms with Crippen LogP contribution in [0.5, 0.6) is 0 Å². The highest BCUT2D eigenvalue weighted by Crippen LogP contribution is 2.46. The summed E-state index contributed by atoms with van der Waals surface area (Å²) < 4.78 is 47.8. The van der Waals surface area contributed by atoms with E-state index in [-0.39, 0.29) is 13.0 Å². The number of nitrogens with zero attached hydrogens (tertiary/aromatic N) is 1. The van der Waals surface area contributed by atoms with Gasteiger partial charge in [-0.25, -0.2) is 22.3 Å². The van der Waals surface area contributed by atoms with Crippen LogP contribution in [0.4, 0.5) is 9.18 Å². The van der Waals surface area contributed by atoms with E-state index in [1.807, 2.05) is 10.8 Å². The summed E-state index contributed by atoms with van der Waals surface area (Å²) in [7, 11) is -4.67. The summed E-state index contributed by atoms with van der Waals surface area (Å²) in [6, 6.07) is 1.57. The Morgan fingerprint density at radius 3 is 2.60 bits per heavy atom. The summed E-state index contributed by atoms with van der Waals surface area (Å²) in [6.45, 7) is 5.42. The number of amides is 4. The Labute approximate surface area is 256 Å². The minimum Gasteiger partial charge on any atom is -0.444 e. The number of ether oxygens (including phenoxy) is 1. The van der Waals surface area contributed by atoms with Gasteiger partial charge in [0.1, 0.15) is 28.1 Å². The molecule has 0 bridgehead atoms. The van der Waals surface area contributed by atoms with E-state index >= 15 is 0 Å². The Morgan fingerprint density at radius 2 is 1.88 bits per heavy atom. The fourth-order valence-electron chi connectivity index (χ4n) is 5.50. The van der Waals surface area contributed by atoms with Gasteiger partial charge in [0.15, 0.2) is 5.82 Å². The van der Waals surface area contributed by atoms with Gasteiger partial charge in [-0.05, 0) is 71.4 Å². The Kier molecular flexibility index (Phi) is 9.75. The van der Waals surface area contributed by atoms with Crippen molar-refractivity contribution in [1.82, 2.24) is 20.3 Å². The van der Waals surface area contributed by atoms with Crippen molar-refractivity contribution >= 4 is 45.4 Å². The summed E-state index contributed by atoms with van der Waals surface area (Å²) in [5, 5.41) is 4.97. The highest BCUT2D eigenvalue weighted by molar-refractivity contribution is 7.90. The highest BCUT2D eigenvalue weighted by atomic mass is 35.5. The van der Waals surface area contributed by atoms with Crippen LogP contribution in [0.15, 0.2) is 35.2 Å². The smallest absolute Gasteiger partial charge is 0.408 e. The third-order valence-corrected chi connectivity index (χ3v) is 9.40. The number of hydrogen-bond donors (Lipinski definition) is 3. The second-order valence-corrected chi connectivity index (χ2v) is 14.3. The molecule has 1 saturated carbocycles. The topological polar surface area (TPSA) is 151 Å². The van der Waals surface area contributed by atoms with E-state index in [4.69, 9.17) is 16.3 Å². The standard InChI is InChI=1S/C29H38ClFN4O7S/c1-28(2,3)42-27(39)32-20-13-8-6-4-5-7-11-18-17-29(18,33-24(36)21-14-10-16-35(21)25(20)37)26(38)34-43(40,41)22-15-9-12-19(30)23(22)31/h7,9,11-12,15,18,20-21H,4-6,8,10,13-14,16-17H2,1-3H3,(H,32,39)(H,33,36)(H,34,38)/b11-7-/t18-,20+,21+,29-/m1/s1. The Morgan fingerprint density at radius 1 is 1.14 bits per heavy atom. The summed E-state index contributed by atoms with van der Waals surface area (Å²) in [4.78, 5) is 54.0. The third-order valence-electron chi connectivity index (χ3n) is 7.76. The van der Waals surface area contributed by atoms with Crippen LogP contribution in [0.3, 0.4) is 0 Å². The molecule has 0 spiro atoms. The van der Waals surface area contributed by atoms with Gasteiger partial charge in [0.25, 0.3) is 15.9 Å². The summed E-state index contributed by atoms with van der Waals surface area (Å²) in [6.07, 6.45) is 7.09. The number of alkyl carbamates (subject to hydrolysis) is 1. The third kappa shape index (κ3) is 7.67. The van der Waals surface area contributed by atoms with Crippen LogP contribution < -0.4 is 15.4 Å². The number of sulfonamides is 1. The van der Waals surface area contributed by atoms with E-state index in [0.29, 0.717) is 32.1 Å². The molecule has 0 unspecified atom stereocenters. The van der Waals surface area contributed by atoms with Crippen LogP contribution in [0.1, 0.15) is 72.1 Å². The van der Waals surface area contributed by atoms with Crippen LogP contribution in [-0.4, -0.2) is 66.9 Å². The highest BCUT2D eigenvalue weighted by Gasteiger charge is 2.61. The molecule has 1 aromatic carbocycles. The van der Waals surface area contributed by atoms with Crippen molar-refractivity contribution in [2.24, 2.45) is 5.92 Å². The van der Waals surface area contributed by atoms with Crippen LogP contribution in [0.2, 0.25) is 5.02 Å². The number of benzene rings is 1. The zero-order valence-corrected chi connectivity index (χ0v) is 26.0. The molecular formula is C29H38ClFN4O7S. The lowest BCUT2D eigenvalue weighted by molar-refractivity contribution is -0.141. The molecular weight excluding hydrogens is 603 g/mol. The van der Waals surface area contributed by atoms with Crippen molar-refractivity contribution in [2.45, 2.75) is 100 Å². The maximum Gasteiger partial charge on any atom is 0.408 e. The van der Waals surface area contributed by atoms with Crippen LogP contribution in [0, 0.1) is 11.7 Å². The van der Waals surface area contributed by atoms with Gasteiger partial charge in [-0.1, -0.05) is 42.7 Å². The summed E-state index contributed by atoms with van der Waals surface area (Å²) >= 11 is 5.75. The zero-order valence-electron chi connectivity index (χ0n) is 24.5. The molecule has 2 fully saturated rings. The average Bonchev–Trinajstić information content (AvgIpc) is 3.36. The molecule has 2 heterocycles. The number of hydrogen-bond acceptors (Lipinski definition) is 7. The first kappa shape index (κ1) is 32.7. The number of halogens is 2. The van der Waals surface area contributed by atoms with E-state index in [1.54, 1.807) is 26.8 Å². The molecule has 236 valence electrons. The lowest BCUT2D eigenvalue weighted by atomic mass is 10.0. The monoisotopic (exact) mass is 640 g/mol. The van der Waals surface area contributed by atoms with Crippen molar-refractivity contribution in [3.8, 4) is 0 Å².